The van der Waals surface area contributed by atoms with Gasteiger partial charge in [0, 0.05) is 0 Å². The van der Waals surface area contributed by atoms with E-state index in [-0.39, 0.29) is 7.12 Å². The maximum atomic E-state index is 15.3. The average Bonchev–Trinajstić information content (AvgIpc) is 2.44. The molecule has 2 aliphatic heterocycles. The van der Waals surface area contributed by atoms with Gasteiger partial charge in [-0.15, -0.1) is 0 Å². The summed E-state index contributed by atoms with van der Waals surface area (Å²) in [6, 6.07) is 0. The van der Waals surface area contributed by atoms with Crippen LogP contribution in [-0.4, -0.2) is 84.8 Å². The van der Waals surface area contributed by atoms with E-state index in [1.807, 2.05) is 30.2 Å². The lowest BCUT2D eigenvalue weighted by Crippen LogP contribution is -2.95. The van der Waals surface area contributed by atoms with Gasteiger partial charge in [-0.1, -0.05) is 20.8 Å². The normalized spacial score (nSPS) is 28.0. The van der Waals surface area contributed by atoms with Gasteiger partial charge in [0.15, 0.2) is 25.2 Å². The van der Waals surface area contributed by atoms with E-state index in [1.165, 1.54) is 4.72 Å². The van der Waals surface area contributed by atoms with Crippen molar-refractivity contribution in [3.05, 3.63) is 0 Å². The lowest BCUT2D eigenvalue weighted by Gasteiger charge is -2.63. The SMILES string of the molecule is CCN1B(F)N(CC)B(N2[Si](C)(C)N[Si](C)(C)N[Si]2(C)C)N(CC)B1F. The molecule has 0 unspecified atom stereocenters. The van der Waals surface area contributed by atoms with Gasteiger partial charge >= 0.3 is 21.6 Å². The minimum Gasteiger partial charge on any atom is -0.337 e. The second-order valence-corrected chi connectivity index (χ2v) is 21.7. The molecule has 0 saturated carbocycles. The van der Waals surface area contributed by atoms with Crippen LogP contribution in [0, 0.1) is 0 Å². The Balaban J connectivity index is 2.54. The Morgan fingerprint density at radius 1 is 0.692 bits per heavy atom. The van der Waals surface area contributed by atoms with Gasteiger partial charge in [0.05, 0.1) is 0 Å². The van der Waals surface area contributed by atoms with Gasteiger partial charge in [0.2, 0.25) is 0 Å². The summed E-state index contributed by atoms with van der Waals surface area (Å²) in [4.78, 5) is 0. The first-order valence-corrected chi connectivity index (χ1v) is 18.7. The molecule has 26 heavy (non-hydrogen) atoms. The Kier molecular flexibility index (Phi) is 6.75. The predicted octanol–water partition coefficient (Wildman–Crippen LogP) is 1.46. The molecule has 0 aliphatic carbocycles. The molecular formula is C12H35B3F2N6Si3. The average molecular weight is 418 g/mol. The third-order valence-corrected chi connectivity index (χ3v) is 21.6. The van der Waals surface area contributed by atoms with E-state index in [0.29, 0.717) is 19.6 Å². The molecule has 0 aromatic heterocycles. The molecule has 2 saturated heterocycles. The summed E-state index contributed by atoms with van der Waals surface area (Å²) >= 11 is 0. The lowest BCUT2D eigenvalue weighted by molar-refractivity contribution is 0.360. The van der Waals surface area contributed by atoms with Crippen molar-refractivity contribution in [2.24, 2.45) is 0 Å². The highest BCUT2D eigenvalue weighted by Crippen LogP contribution is 2.31. The van der Waals surface area contributed by atoms with Crippen molar-refractivity contribution in [2.75, 3.05) is 19.6 Å². The summed E-state index contributed by atoms with van der Waals surface area (Å²) in [5.41, 5.74) is 0. The first kappa shape index (κ1) is 22.8. The fourth-order valence-corrected chi connectivity index (χ4v) is 27.4. The molecule has 0 aromatic carbocycles. The largest absolute Gasteiger partial charge is 0.504 e. The van der Waals surface area contributed by atoms with E-state index in [4.69, 9.17) is 0 Å². The highest BCUT2D eigenvalue weighted by Gasteiger charge is 2.63. The molecule has 2 rings (SSSR count). The van der Waals surface area contributed by atoms with Crippen LogP contribution in [0.5, 0.6) is 0 Å². The number of nitrogens with zero attached hydrogens (tertiary/aromatic N) is 4. The Hall–Kier alpha value is 0.465. The highest BCUT2D eigenvalue weighted by molar-refractivity contribution is 7.10. The van der Waals surface area contributed by atoms with Gasteiger partial charge in [0.1, 0.15) is 0 Å². The summed E-state index contributed by atoms with van der Waals surface area (Å²) in [5, 5.41) is 0. The summed E-state index contributed by atoms with van der Waals surface area (Å²) < 4.78 is 45.8. The van der Waals surface area contributed by atoms with Crippen LogP contribution in [-0.2, 0) is 0 Å². The van der Waals surface area contributed by atoms with Gasteiger partial charge in [-0.25, -0.2) is 0 Å². The quantitative estimate of drug-likeness (QED) is 0.674. The van der Waals surface area contributed by atoms with E-state index < -0.39 is 39.7 Å². The zero-order valence-electron chi connectivity index (χ0n) is 17.9. The van der Waals surface area contributed by atoms with Crippen molar-refractivity contribution in [3.8, 4) is 0 Å². The Morgan fingerprint density at radius 3 is 1.35 bits per heavy atom. The number of hydrogen-bond acceptors (Lipinski definition) is 6. The molecule has 148 valence electrons. The third-order valence-electron chi connectivity index (χ3n) is 5.46. The summed E-state index contributed by atoms with van der Waals surface area (Å²) in [6.07, 6.45) is 0. The molecule has 2 N–H and O–H groups in total. The van der Waals surface area contributed by atoms with Crippen molar-refractivity contribution < 1.29 is 8.63 Å². The minimum absolute atomic E-state index is 0.347. The maximum Gasteiger partial charge on any atom is 0.504 e. The number of hydrogen-bond donors (Lipinski definition) is 2. The fraction of sp³-hybridized carbons (Fsp3) is 1.00. The van der Waals surface area contributed by atoms with E-state index in [1.54, 1.807) is 0 Å². The summed E-state index contributed by atoms with van der Waals surface area (Å²) in [5.74, 6) is 0. The molecule has 14 heteroatoms. The molecule has 0 amide bonds. The van der Waals surface area contributed by atoms with Crippen LogP contribution in [0.1, 0.15) is 20.8 Å². The van der Waals surface area contributed by atoms with E-state index in [0.717, 1.165) is 0 Å². The predicted molar refractivity (Wildman–Crippen MR) is 117 cm³/mol. The van der Waals surface area contributed by atoms with Crippen molar-refractivity contribution in [2.45, 2.75) is 60.1 Å². The molecule has 2 fully saturated rings. The van der Waals surface area contributed by atoms with Gasteiger partial charge in [-0.2, -0.15) is 0 Å². The molecule has 6 nitrogen and oxygen atoms in total. The Morgan fingerprint density at radius 2 is 1.04 bits per heavy atom. The van der Waals surface area contributed by atoms with Gasteiger partial charge in [0.25, 0.3) is 0 Å². The van der Waals surface area contributed by atoms with Crippen LogP contribution in [0.15, 0.2) is 0 Å². The first-order valence-electron chi connectivity index (χ1n) is 9.76. The molecule has 0 aromatic rings. The number of nitrogens with one attached hydrogen (secondary N) is 2. The van der Waals surface area contributed by atoms with Crippen LogP contribution < -0.4 is 9.30 Å². The van der Waals surface area contributed by atoms with Crippen molar-refractivity contribution in [1.29, 1.82) is 0 Å². The zero-order valence-corrected chi connectivity index (χ0v) is 20.9. The summed E-state index contributed by atoms with van der Waals surface area (Å²) in [6.45, 7) is 20.9. The van der Waals surface area contributed by atoms with Crippen LogP contribution in [0.2, 0.25) is 39.3 Å². The van der Waals surface area contributed by atoms with Crippen LogP contribution in [0.25, 0.3) is 0 Å². The number of rotatable bonds is 4. The second kappa shape index (κ2) is 7.71. The molecule has 2 aliphatic rings. The molecule has 0 bridgehead atoms. The smallest absolute Gasteiger partial charge is 0.337 e. The van der Waals surface area contributed by atoms with Crippen LogP contribution in [0.4, 0.5) is 8.63 Å². The molecule has 0 radical (unpaired) electrons. The zero-order chi connectivity index (χ0) is 20.1. The van der Waals surface area contributed by atoms with Gasteiger partial charge < -0.3 is 22.9 Å². The highest BCUT2D eigenvalue weighted by atomic mass is 28.5. The van der Waals surface area contributed by atoms with Gasteiger partial charge in [-0.3, -0.25) is 13.4 Å². The molecular weight excluding hydrogens is 383 g/mol. The molecule has 0 atom stereocenters. The molecule has 0 spiro atoms. The van der Waals surface area contributed by atoms with E-state index >= 15 is 8.63 Å². The monoisotopic (exact) mass is 418 g/mol. The van der Waals surface area contributed by atoms with Crippen molar-refractivity contribution >= 4 is 46.8 Å². The summed E-state index contributed by atoms with van der Waals surface area (Å²) in [7, 11) is -9.08. The lowest BCUT2D eigenvalue weighted by atomic mass is 9.63. The van der Waals surface area contributed by atoms with Crippen LogP contribution in [0.3, 0.4) is 0 Å². The number of halogens is 2. The maximum absolute atomic E-state index is 15.3. The molecule has 2 heterocycles. The minimum atomic E-state index is -2.08. The van der Waals surface area contributed by atoms with Crippen molar-refractivity contribution in [3.63, 3.8) is 0 Å². The fourth-order valence-electron chi connectivity index (χ4n) is 5.08. The van der Waals surface area contributed by atoms with Crippen molar-refractivity contribution in [1.82, 2.24) is 27.6 Å². The third kappa shape index (κ3) is 3.94. The first-order chi connectivity index (χ1) is 11.8. The second-order valence-electron chi connectivity index (χ2n) is 8.82. The van der Waals surface area contributed by atoms with Gasteiger partial charge in [-0.05, 0) is 58.9 Å². The van der Waals surface area contributed by atoms with E-state index in [9.17, 15) is 0 Å². The van der Waals surface area contributed by atoms with Crippen LogP contribution >= 0.6 is 0 Å². The van der Waals surface area contributed by atoms with E-state index in [2.05, 4.69) is 52.7 Å². The standard InChI is InChI=1S/C12H35B3F2N6Si3/c1-10-20-13(16)21(11-2)15(22(12-3)14(20)17)23-25(6,7)18-24(4,5)19-26(23,8)9/h18-19H,10-12H2,1-9H3. The topological polar surface area (TPSA) is 37.0 Å². The Labute approximate surface area is 163 Å². The Bertz CT molecular complexity index is 483.